The maximum atomic E-state index is 10.7. The molecule has 0 aliphatic rings. The highest BCUT2D eigenvalue weighted by Crippen LogP contribution is 2.57. The number of benzene rings is 4. The van der Waals surface area contributed by atoms with Gasteiger partial charge in [-0.25, -0.2) is 0 Å². The predicted molar refractivity (Wildman–Crippen MR) is 132 cm³/mol. The molecule has 4 rings (SSSR count). The monoisotopic (exact) mass is 429 g/mol. The number of aromatic hydroxyl groups is 1. The molecule has 148 valence electrons. The fourth-order valence-electron chi connectivity index (χ4n) is 3.67. The Balaban J connectivity index is 2.02. The molecule has 4 aromatic rings. The van der Waals surface area contributed by atoms with Gasteiger partial charge in [0.25, 0.3) is 0 Å². The van der Waals surface area contributed by atoms with Gasteiger partial charge in [0.1, 0.15) is 23.6 Å². The molecular formula is C27H23ClOP+. The Hall–Kier alpha value is -2.86. The quantitative estimate of drug-likeness (QED) is 0.348. The zero-order valence-corrected chi connectivity index (χ0v) is 18.4. The van der Waals surface area contributed by atoms with E-state index in [0.717, 1.165) is 16.7 Å². The molecule has 0 aliphatic carbocycles. The van der Waals surface area contributed by atoms with Gasteiger partial charge in [0.2, 0.25) is 0 Å². The van der Waals surface area contributed by atoms with Gasteiger partial charge in [-0.05, 0) is 48.0 Å². The van der Waals surface area contributed by atoms with Crippen molar-refractivity contribution in [3.05, 3.63) is 131 Å². The van der Waals surface area contributed by atoms with Crippen molar-refractivity contribution in [1.82, 2.24) is 0 Å². The van der Waals surface area contributed by atoms with Crippen molar-refractivity contribution < 1.29 is 5.11 Å². The van der Waals surface area contributed by atoms with Crippen molar-refractivity contribution in [2.75, 3.05) is 6.66 Å². The van der Waals surface area contributed by atoms with E-state index in [4.69, 9.17) is 11.6 Å². The molecule has 0 spiro atoms. The topological polar surface area (TPSA) is 20.2 Å². The second-order valence-corrected chi connectivity index (χ2v) is 11.2. The summed E-state index contributed by atoms with van der Waals surface area (Å²) >= 11 is 6.32. The molecule has 30 heavy (non-hydrogen) atoms. The highest BCUT2D eigenvalue weighted by molar-refractivity contribution is 7.91. The van der Waals surface area contributed by atoms with Gasteiger partial charge in [-0.1, -0.05) is 78.3 Å². The van der Waals surface area contributed by atoms with Gasteiger partial charge in [0.05, 0.1) is 12.5 Å². The SMILES string of the molecule is C[P+](/C=C(/c1ccccc1)c1cc(Cl)ccc1O)(c1ccccc1)c1ccccc1. The number of rotatable bonds is 5. The van der Waals surface area contributed by atoms with Crippen LogP contribution >= 0.6 is 18.9 Å². The minimum atomic E-state index is -1.91. The Kier molecular flexibility index (Phi) is 6.04. The minimum absolute atomic E-state index is 0.224. The molecule has 1 N–H and O–H groups in total. The van der Waals surface area contributed by atoms with Gasteiger partial charge < -0.3 is 5.11 Å². The van der Waals surface area contributed by atoms with Crippen molar-refractivity contribution in [1.29, 1.82) is 0 Å². The van der Waals surface area contributed by atoms with Crippen LogP contribution < -0.4 is 10.6 Å². The van der Waals surface area contributed by atoms with E-state index in [1.807, 2.05) is 36.4 Å². The third-order valence-electron chi connectivity index (χ3n) is 5.31. The van der Waals surface area contributed by atoms with Crippen LogP contribution in [0.5, 0.6) is 5.75 Å². The van der Waals surface area contributed by atoms with Crippen LogP contribution in [-0.4, -0.2) is 11.8 Å². The molecule has 4 aromatic carbocycles. The van der Waals surface area contributed by atoms with E-state index in [1.54, 1.807) is 12.1 Å². The standard InChI is InChI=1S/C27H22ClOP/c1-30(23-13-7-3-8-14-23,24-15-9-4-10-16-24)20-26(21-11-5-2-6-12-21)25-19-22(28)17-18-27(25)29/h2-20H,1H3/p+1/b26-20-. The zero-order valence-electron chi connectivity index (χ0n) is 16.7. The van der Waals surface area contributed by atoms with Crippen molar-refractivity contribution in [2.24, 2.45) is 0 Å². The second kappa shape index (κ2) is 8.88. The summed E-state index contributed by atoms with van der Waals surface area (Å²) in [4.78, 5) is 0. The summed E-state index contributed by atoms with van der Waals surface area (Å²) in [6.07, 6.45) is 0. The lowest BCUT2D eigenvalue weighted by atomic mass is 9.99. The Labute approximate surface area is 183 Å². The van der Waals surface area contributed by atoms with Crippen LogP contribution in [0, 0.1) is 0 Å². The lowest BCUT2D eigenvalue weighted by Crippen LogP contribution is -2.19. The van der Waals surface area contributed by atoms with Gasteiger partial charge in [0.15, 0.2) is 0 Å². The second-order valence-electron chi connectivity index (χ2n) is 7.32. The van der Waals surface area contributed by atoms with E-state index in [-0.39, 0.29) is 5.75 Å². The van der Waals surface area contributed by atoms with Crippen molar-refractivity contribution in [3.8, 4) is 5.75 Å². The van der Waals surface area contributed by atoms with E-state index < -0.39 is 7.26 Å². The summed E-state index contributed by atoms with van der Waals surface area (Å²) in [7, 11) is -1.91. The fourth-order valence-corrected chi connectivity index (χ4v) is 6.83. The summed E-state index contributed by atoms with van der Waals surface area (Å²) < 4.78 is 0. The maximum Gasteiger partial charge on any atom is 0.123 e. The summed E-state index contributed by atoms with van der Waals surface area (Å²) in [5, 5.41) is 13.9. The zero-order chi connectivity index (χ0) is 21.0. The Morgan fingerprint density at radius 1 is 0.733 bits per heavy atom. The molecule has 0 amide bonds. The van der Waals surface area contributed by atoms with Crippen molar-refractivity contribution in [3.63, 3.8) is 0 Å². The average molecular weight is 430 g/mol. The van der Waals surface area contributed by atoms with E-state index in [2.05, 4.69) is 73.1 Å². The molecule has 0 bridgehead atoms. The molecule has 0 aromatic heterocycles. The van der Waals surface area contributed by atoms with Gasteiger partial charge >= 0.3 is 0 Å². The molecule has 1 nitrogen and oxygen atoms in total. The molecule has 0 saturated carbocycles. The molecule has 0 aliphatic heterocycles. The first-order valence-electron chi connectivity index (χ1n) is 9.82. The maximum absolute atomic E-state index is 10.7. The molecule has 0 fully saturated rings. The highest BCUT2D eigenvalue weighted by Gasteiger charge is 2.36. The molecule has 0 unspecified atom stereocenters. The van der Waals surface area contributed by atoms with E-state index in [0.29, 0.717) is 5.02 Å². The molecule has 0 saturated heterocycles. The van der Waals surface area contributed by atoms with Crippen LogP contribution in [0.4, 0.5) is 0 Å². The lowest BCUT2D eigenvalue weighted by molar-refractivity contribution is 0.473. The number of hydrogen-bond acceptors (Lipinski definition) is 1. The van der Waals surface area contributed by atoms with Crippen LogP contribution in [0.25, 0.3) is 5.57 Å². The first-order valence-corrected chi connectivity index (χ1v) is 12.5. The van der Waals surface area contributed by atoms with E-state index >= 15 is 0 Å². The largest absolute Gasteiger partial charge is 0.507 e. The smallest absolute Gasteiger partial charge is 0.123 e. The Bertz CT molecular complexity index is 1120. The molecule has 0 heterocycles. The first kappa shape index (κ1) is 20.4. The average Bonchev–Trinajstić information content (AvgIpc) is 2.81. The number of hydrogen-bond donors (Lipinski definition) is 1. The summed E-state index contributed by atoms with van der Waals surface area (Å²) in [6, 6.07) is 36.6. The number of halogens is 1. The van der Waals surface area contributed by atoms with Gasteiger partial charge in [-0.2, -0.15) is 0 Å². The van der Waals surface area contributed by atoms with Gasteiger partial charge in [-0.3, -0.25) is 0 Å². The molecule has 0 radical (unpaired) electrons. The number of phenols is 1. The molecular weight excluding hydrogens is 407 g/mol. The highest BCUT2D eigenvalue weighted by atomic mass is 35.5. The van der Waals surface area contributed by atoms with Crippen molar-refractivity contribution >= 4 is 35.0 Å². The normalized spacial score (nSPS) is 12.0. The van der Waals surface area contributed by atoms with Crippen LogP contribution in [0.1, 0.15) is 11.1 Å². The summed E-state index contributed by atoms with van der Waals surface area (Å²) in [5.41, 5.74) is 2.78. The Morgan fingerprint density at radius 3 is 1.77 bits per heavy atom. The fraction of sp³-hybridized carbons (Fsp3) is 0.0370. The van der Waals surface area contributed by atoms with E-state index in [1.165, 1.54) is 10.6 Å². The summed E-state index contributed by atoms with van der Waals surface area (Å²) in [6.45, 7) is 2.32. The van der Waals surface area contributed by atoms with Gasteiger partial charge in [0, 0.05) is 16.2 Å². The number of phenolic OH excluding ortho intramolecular Hbond substituents is 1. The van der Waals surface area contributed by atoms with Crippen LogP contribution in [0.15, 0.2) is 115 Å². The lowest BCUT2D eigenvalue weighted by Gasteiger charge is -2.21. The Morgan fingerprint density at radius 2 is 1.23 bits per heavy atom. The van der Waals surface area contributed by atoms with Crippen LogP contribution in [0.3, 0.4) is 0 Å². The predicted octanol–water partition coefficient (Wildman–Crippen LogP) is 6.73. The molecule has 3 heteroatoms. The third kappa shape index (κ3) is 4.19. The van der Waals surface area contributed by atoms with Crippen LogP contribution in [-0.2, 0) is 0 Å². The van der Waals surface area contributed by atoms with Crippen LogP contribution in [0.2, 0.25) is 5.02 Å². The minimum Gasteiger partial charge on any atom is -0.507 e. The summed E-state index contributed by atoms with van der Waals surface area (Å²) in [5.74, 6) is 2.57. The van der Waals surface area contributed by atoms with E-state index in [9.17, 15) is 5.11 Å². The molecule has 0 atom stereocenters. The third-order valence-corrected chi connectivity index (χ3v) is 9.06. The van der Waals surface area contributed by atoms with Gasteiger partial charge in [-0.15, -0.1) is 0 Å². The first-order chi connectivity index (χ1) is 14.6. The van der Waals surface area contributed by atoms with Crippen molar-refractivity contribution in [2.45, 2.75) is 0 Å².